The lowest BCUT2D eigenvalue weighted by atomic mass is 10.0. The van der Waals surface area contributed by atoms with Crippen LogP contribution in [0.4, 0.5) is 0 Å². The van der Waals surface area contributed by atoms with E-state index in [4.69, 9.17) is 9.47 Å². The minimum Gasteiger partial charge on any atom is -0.423 e. The van der Waals surface area contributed by atoms with E-state index in [0.29, 0.717) is 42.1 Å². The molecule has 0 heterocycles. The molecule has 0 N–H and O–H groups in total. The number of ether oxygens (including phenoxy) is 2. The average Bonchev–Trinajstić information content (AvgIpc) is 2.52. The van der Waals surface area contributed by atoms with Crippen molar-refractivity contribution in [3.05, 3.63) is 23.8 Å². The van der Waals surface area contributed by atoms with Crippen LogP contribution < -0.4 is 9.47 Å². The molecule has 0 saturated heterocycles. The van der Waals surface area contributed by atoms with Gasteiger partial charge in [-0.05, 0) is 48.3 Å². The fourth-order valence-electron chi connectivity index (χ4n) is 2.21. The van der Waals surface area contributed by atoms with Gasteiger partial charge in [0.15, 0.2) is 11.5 Å². The van der Waals surface area contributed by atoms with Gasteiger partial charge < -0.3 is 9.47 Å². The fourth-order valence-corrected chi connectivity index (χ4v) is 2.21. The number of carbonyl (C=O) groups is 2. The Morgan fingerprint density at radius 1 is 0.800 bits per heavy atom. The third-order valence-corrected chi connectivity index (χ3v) is 3.93. The molecule has 140 valence electrons. The Hall–Kier alpha value is -1.84. The van der Waals surface area contributed by atoms with Gasteiger partial charge in [-0.15, -0.1) is 0 Å². The molecule has 0 bridgehead atoms. The highest BCUT2D eigenvalue weighted by molar-refractivity contribution is 5.76. The molecule has 0 aromatic heterocycles. The van der Waals surface area contributed by atoms with E-state index in [1.807, 2.05) is 6.07 Å². The van der Waals surface area contributed by atoms with Gasteiger partial charge in [0.1, 0.15) is 0 Å². The summed E-state index contributed by atoms with van der Waals surface area (Å²) in [5.41, 5.74) is 1.04. The standard InChI is InChI=1S/C21H32O4/c1-14(2)7-11-20(22)24-18-10-9-17(16(5)6)13-19(18)25-21(23)12-8-15(3)4/h9-10,13-16H,7-8,11-12H2,1-6H3. The van der Waals surface area contributed by atoms with Crippen LogP contribution in [0.25, 0.3) is 0 Å². The smallest absolute Gasteiger partial charge is 0.311 e. The summed E-state index contributed by atoms with van der Waals surface area (Å²) in [5, 5.41) is 0. The van der Waals surface area contributed by atoms with Crippen molar-refractivity contribution in [2.24, 2.45) is 11.8 Å². The van der Waals surface area contributed by atoms with E-state index >= 15 is 0 Å². The van der Waals surface area contributed by atoms with Crippen molar-refractivity contribution in [3.63, 3.8) is 0 Å². The highest BCUT2D eigenvalue weighted by Crippen LogP contribution is 2.32. The zero-order chi connectivity index (χ0) is 19.0. The van der Waals surface area contributed by atoms with Gasteiger partial charge in [0, 0.05) is 12.8 Å². The second-order valence-corrected chi connectivity index (χ2v) is 7.67. The van der Waals surface area contributed by atoms with E-state index in [0.717, 1.165) is 18.4 Å². The lowest BCUT2D eigenvalue weighted by Crippen LogP contribution is -2.13. The molecule has 0 unspecified atom stereocenters. The number of benzene rings is 1. The van der Waals surface area contributed by atoms with Crippen molar-refractivity contribution >= 4 is 11.9 Å². The molecule has 1 rings (SSSR count). The average molecular weight is 348 g/mol. The first-order valence-electron chi connectivity index (χ1n) is 9.24. The summed E-state index contributed by atoms with van der Waals surface area (Å²) in [6.07, 6.45) is 2.24. The normalized spacial score (nSPS) is 11.2. The molecular weight excluding hydrogens is 316 g/mol. The minimum atomic E-state index is -0.300. The lowest BCUT2D eigenvalue weighted by molar-refractivity contribution is -0.137. The van der Waals surface area contributed by atoms with E-state index in [9.17, 15) is 9.59 Å². The van der Waals surface area contributed by atoms with Gasteiger partial charge in [-0.2, -0.15) is 0 Å². The molecule has 25 heavy (non-hydrogen) atoms. The Morgan fingerprint density at radius 3 is 1.72 bits per heavy atom. The molecule has 0 atom stereocenters. The Bertz CT molecular complexity index is 573. The zero-order valence-electron chi connectivity index (χ0n) is 16.4. The van der Waals surface area contributed by atoms with Gasteiger partial charge in [-0.3, -0.25) is 9.59 Å². The Morgan fingerprint density at radius 2 is 1.28 bits per heavy atom. The molecule has 4 nitrogen and oxygen atoms in total. The molecule has 0 radical (unpaired) electrons. The third-order valence-electron chi connectivity index (χ3n) is 3.93. The maximum Gasteiger partial charge on any atom is 0.311 e. The Kier molecular flexibility index (Phi) is 8.67. The van der Waals surface area contributed by atoms with Crippen molar-refractivity contribution < 1.29 is 19.1 Å². The van der Waals surface area contributed by atoms with Gasteiger partial charge in [0.05, 0.1) is 0 Å². The van der Waals surface area contributed by atoms with Crippen molar-refractivity contribution in [2.75, 3.05) is 0 Å². The maximum absolute atomic E-state index is 12.1. The molecule has 0 fully saturated rings. The van der Waals surface area contributed by atoms with Gasteiger partial charge >= 0.3 is 11.9 Å². The summed E-state index contributed by atoms with van der Waals surface area (Å²) in [6, 6.07) is 5.41. The van der Waals surface area contributed by atoms with Gasteiger partial charge in [-0.25, -0.2) is 0 Å². The molecular formula is C21H32O4. The van der Waals surface area contributed by atoms with E-state index in [1.165, 1.54) is 0 Å². The van der Waals surface area contributed by atoms with Crippen LogP contribution in [0.1, 0.15) is 78.7 Å². The van der Waals surface area contributed by atoms with Crippen LogP contribution in [-0.2, 0) is 9.59 Å². The first kappa shape index (κ1) is 21.2. The number of carbonyl (C=O) groups excluding carboxylic acids is 2. The molecule has 1 aromatic rings. The molecule has 0 saturated carbocycles. The first-order chi connectivity index (χ1) is 11.7. The van der Waals surface area contributed by atoms with Crippen LogP contribution in [0.2, 0.25) is 0 Å². The number of hydrogen-bond donors (Lipinski definition) is 0. The van der Waals surface area contributed by atoms with Gasteiger partial charge in [0.2, 0.25) is 0 Å². The summed E-state index contributed by atoms with van der Waals surface area (Å²) >= 11 is 0. The van der Waals surface area contributed by atoms with Crippen LogP contribution in [-0.4, -0.2) is 11.9 Å². The van der Waals surface area contributed by atoms with Crippen LogP contribution in [0.15, 0.2) is 18.2 Å². The number of hydrogen-bond acceptors (Lipinski definition) is 4. The second kappa shape index (κ2) is 10.2. The van der Waals surface area contributed by atoms with E-state index in [-0.39, 0.29) is 11.9 Å². The summed E-state index contributed by atoms with van der Waals surface area (Å²) in [5.74, 6) is 1.21. The largest absolute Gasteiger partial charge is 0.423 e. The van der Waals surface area contributed by atoms with E-state index < -0.39 is 0 Å². The highest BCUT2D eigenvalue weighted by atomic mass is 16.6. The topological polar surface area (TPSA) is 52.6 Å². The molecule has 1 aromatic carbocycles. The van der Waals surface area contributed by atoms with E-state index in [1.54, 1.807) is 12.1 Å². The van der Waals surface area contributed by atoms with Crippen molar-refractivity contribution in [2.45, 2.75) is 73.1 Å². The Balaban J connectivity index is 2.88. The summed E-state index contributed by atoms with van der Waals surface area (Å²) in [6.45, 7) is 12.4. The quantitative estimate of drug-likeness (QED) is 0.437. The highest BCUT2D eigenvalue weighted by Gasteiger charge is 2.16. The van der Waals surface area contributed by atoms with Crippen molar-refractivity contribution in [1.82, 2.24) is 0 Å². The molecule has 0 aliphatic rings. The molecule has 0 aliphatic carbocycles. The molecule has 0 aliphatic heterocycles. The van der Waals surface area contributed by atoms with Crippen LogP contribution in [0.5, 0.6) is 11.5 Å². The van der Waals surface area contributed by atoms with Crippen LogP contribution >= 0.6 is 0 Å². The van der Waals surface area contributed by atoms with Crippen LogP contribution in [0, 0.1) is 11.8 Å². The summed E-state index contributed by atoms with van der Waals surface area (Å²) in [4.78, 5) is 24.1. The first-order valence-corrected chi connectivity index (χ1v) is 9.24. The zero-order valence-corrected chi connectivity index (χ0v) is 16.4. The van der Waals surface area contributed by atoms with Crippen molar-refractivity contribution in [3.8, 4) is 11.5 Å². The predicted molar refractivity (Wildman–Crippen MR) is 99.9 cm³/mol. The van der Waals surface area contributed by atoms with Crippen LogP contribution in [0.3, 0.4) is 0 Å². The third kappa shape index (κ3) is 8.19. The second-order valence-electron chi connectivity index (χ2n) is 7.67. The molecule has 4 heteroatoms. The number of esters is 2. The van der Waals surface area contributed by atoms with E-state index in [2.05, 4.69) is 41.5 Å². The SMILES string of the molecule is CC(C)CCC(=O)Oc1ccc(C(C)C)cc1OC(=O)CCC(C)C. The predicted octanol–water partition coefficient (Wildman–Crippen LogP) is 5.49. The van der Waals surface area contributed by atoms with Crippen molar-refractivity contribution in [1.29, 1.82) is 0 Å². The summed E-state index contributed by atoms with van der Waals surface area (Å²) in [7, 11) is 0. The monoisotopic (exact) mass is 348 g/mol. The maximum atomic E-state index is 12.1. The van der Waals surface area contributed by atoms with Gasteiger partial charge in [0.25, 0.3) is 0 Å². The minimum absolute atomic E-state index is 0.291. The fraction of sp³-hybridized carbons (Fsp3) is 0.619. The Labute approximate surface area is 151 Å². The molecule has 0 amide bonds. The van der Waals surface area contributed by atoms with Gasteiger partial charge in [-0.1, -0.05) is 47.6 Å². The lowest BCUT2D eigenvalue weighted by Gasteiger charge is -2.14. The number of rotatable bonds is 9. The molecule has 0 spiro atoms. The summed E-state index contributed by atoms with van der Waals surface area (Å²) < 4.78 is 10.9.